The Bertz CT molecular complexity index is 1920. The number of benzene rings is 6. The first-order valence-electron chi connectivity index (χ1n) is 13.1. The highest BCUT2D eigenvalue weighted by Crippen LogP contribution is 2.40. The quantitative estimate of drug-likeness (QED) is 0.217. The van der Waals surface area contributed by atoms with Gasteiger partial charge in [-0.15, -0.1) is 12.6 Å². The Labute approximate surface area is 233 Å². The molecule has 0 bridgehead atoms. The third kappa shape index (κ3) is 4.27. The van der Waals surface area contributed by atoms with Crippen molar-refractivity contribution in [2.75, 3.05) is 5.32 Å². The van der Waals surface area contributed by atoms with Crippen molar-refractivity contribution in [1.82, 2.24) is 4.57 Å². The lowest BCUT2D eigenvalue weighted by atomic mass is 10.0. The van der Waals surface area contributed by atoms with E-state index in [4.69, 9.17) is 12.6 Å². The number of rotatable bonds is 5. The molecular formula is C36H26N2S. The lowest BCUT2D eigenvalue weighted by Crippen LogP contribution is -1.93. The predicted molar refractivity (Wildman–Crippen MR) is 169 cm³/mol. The zero-order valence-corrected chi connectivity index (χ0v) is 22.1. The van der Waals surface area contributed by atoms with Crippen molar-refractivity contribution in [3.05, 3.63) is 146 Å². The van der Waals surface area contributed by atoms with Crippen molar-refractivity contribution in [3.63, 3.8) is 0 Å². The molecule has 0 atom stereocenters. The lowest BCUT2D eigenvalue weighted by molar-refractivity contribution is 1.18. The molecular weight excluding hydrogens is 492 g/mol. The van der Waals surface area contributed by atoms with Gasteiger partial charge in [0.15, 0.2) is 0 Å². The number of para-hydroxylation sites is 2. The lowest BCUT2D eigenvalue weighted by Gasteiger charge is -2.12. The standard InChI is InChI=1S/C36H26N2S/c39-36-31(22-23-34-35(36)32-16-7-8-17-33(32)38(34)30-14-5-2-6-15-30)27-12-9-13-29(24-27)37-28-20-18-26(19-21-28)25-10-3-1-4-11-25/h1-24,37,39H. The van der Waals surface area contributed by atoms with Crippen LogP contribution in [0.3, 0.4) is 0 Å². The van der Waals surface area contributed by atoms with E-state index in [9.17, 15) is 0 Å². The molecule has 7 aromatic rings. The molecule has 1 heterocycles. The van der Waals surface area contributed by atoms with Gasteiger partial charge in [0.2, 0.25) is 0 Å². The number of aromatic nitrogens is 1. The predicted octanol–water partition coefficient (Wildman–Crippen LogP) is 10.1. The number of anilines is 2. The molecule has 0 radical (unpaired) electrons. The van der Waals surface area contributed by atoms with Gasteiger partial charge in [-0.1, -0.05) is 97.1 Å². The van der Waals surface area contributed by atoms with Crippen LogP contribution in [0.2, 0.25) is 0 Å². The molecule has 0 fully saturated rings. The Hall–Kier alpha value is -4.73. The van der Waals surface area contributed by atoms with E-state index in [0.29, 0.717) is 0 Å². The summed E-state index contributed by atoms with van der Waals surface area (Å²) in [7, 11) is 0. The van der Waals surface area contributed by atoms with Crippen LogP contribution in [0.1, 0.15) is 0 Å². The average Bonchev–Trinajstić information content (AvgIpc) is 3.34. The van der Waals surface area contributed by atoms with Gasteiger partial charge >= 0.3 is 0 Å². The van der Waals surface area contributed by atoms with Crippen LogP contribution in [0, 0.1) is 0 Å². The minimum Gasteiger partial charge on any atom is -0.356 e. The van der Waals surface area contributed by atoms with Crippen LogP contribution in [-0.4, -0.2) is 4.57 Å². The molecule has 0 unspecified atom stereocenters. The minimum absolute atomic E-state index is 0.989. The maximum absolute atomic E-state index is 5.12. The van der Waals surface area contributed by atoms with Crippen LogP contribution >= 0.6 is 12.6 Å². The van der Waals surface area contributed by atoms with E-state index in [0.717, 1.165) is 38.6 Å². The van der Waals surface area contributed by atoms with Crippen LogP contribution in [0.5, 0.6) is 0 Å². The van der Waals surface area contributed by atoms with E-state index >= 15 is 0 Å². The van der Waals surface area contributed by atoms with Gasteiger partial charge in [-0.3, -0.25) is 0 Å². The fraction of sp³-hybridized carbons (Fsp3) is 0. The highest BCUT2D eigenvalue weighted by Gasteiger charge is 2.17. The number of thiol groups is 1. The van der Waals surface area contributed by atoms with Crippen molar-refractivity contribution in [1.29, 1.82) is 0 Å². The third-order valence-corrected chi connectivity index (χ3v) is 7.74. The highest BCUT2D eigenvalue weighted by atomic mass is 32.1. The summed E-state index contributed by atoms with van der Waals surface area (Å²) < 4.78 is 2.32. The van der Waals surface area contributed by atoms with Gasteiger partial charge in [-0.2, -0.15) is 0 Å². The molecule has 7 rings (SSSR count). The summed E-state index contributed by atoms with van der Waals surface area (Å²) in [5, 5.41) is 5.95. The Morgan fingerprint density at radius 1 is 0.487 bits per heavy atom. The Balaban J connectivity index is 1.27. The molecule has 0 aliphatic rings. The molecule has 1 aromatic heterocycles. The summed E-state index contributed by atoms with van der Waals surface area (Å²) in [6, 6.07) is 51.1. The van der Waals surface area contributed by atoms with Gasteiger partial charge in [0.25, 0.3) is 0 Å². The van der Waals surface area contributed by atoms with E-state index in [1.165, 1.54) is 27.4 Å². The molecule has 0 spiro atoms. The highest BCUT2D eigenvalue weighted by molar-refractivity contribution is 7.80. The van der Waals surface area contributed by atoms with Crippen molar-refractivity contribution >= 4 is 45.8 Å². The first-order valence-corrected chi connectivity index (χ1v) is 13.5. The number of fused-ring (bicyclic) bond motifs is 3. The number of nitrogens with zero attached hydrogens (tertiary/aromatic N) is 1. The van der Waals surface area contributed by atoms with Crippen molar-refractivity contribution < 1.29 is 0 Å². The molecule has 0 saturated carbocycles. The number of nitrogens with one attached hydrogen (secondary N) is 1. The summed E-state index contributed by atoms with van der Waals surface area (Å²) in [5.74, 6) is 0. The summed E-state index contributed by atoms with van der Waals surface area (Å²) in [6.45, 7) is 0. The van der Waals surface area contributed by atoms with E-state index < -0.39 is 0 Å². The molecule has 2 nitrogen and oxygen atoms in total. The summed E-state index contributed by atoms with van der Waals surface area (Å²) in [6.07, 6.45) is 0. The van der Waals surface area contributed by atoms with E-state index in [1.807, 2.05) is 6.07 Å². The molecule has 1 N–H and O–H groups in total. The molecule has 6 aromatic carbocycles. The molecule has 3 heteroatoms. The summed E-state index contributed by atoms with van der Waals surface area (Å²) >= 11 is 5.12. The Morgan fingerprint density at radius 3 is 1.95 bits per heavy atom. The van der Waals surface area contributed by atoms with Gasteiger partial charge in [-0.05, 0) is 70.8 Å². The maximum Gasteiger partial charge on any atom is 0.0552 e. The van der Waals surface area contributed by atoms with E-state index in [2.05, 4.69) is 149 Å². The fourth-order valence-electron chi connectivity index (χ4n) is 5.44. The SMILES string of the molecule is Sc1c(-c2cccc(Nc3ccc(-c4ccccc4)cc3)c2)ccc2c1c1ccccc1n2-c1ccccc1. The summed E-state index contributed by atoms with van der Waals surface area (Å²) in [5.41, 5.74) is 10.3. The van der Waals surface area contributed by atoms with Crippen LogP contribution in [-0.2, 0) is 0 Å². The van der Waals surface area contributed by atoms with Gasteiger partial charge in [0.1, 0.15) is 0 Å². The van der Waals surface area contributed by atoms with Gasteiger partial charge in [-0.25, -0.2) is 0 Å². The van der Waals surface area contributed by atoms with Gasteiger partial charge in [0, 0.05) is 32.7 Å². The van der Waals surface area contributed by atoms with E-state index in [1.54, 1.807) is 0 Å². The fourth-order valence-corrected chi connectivity index (χ4v) is 5.88. The maximum atomic E-state index is 5.12. The smallest absolute Gasteiger partial charge is 0.0552 e. The first kappa shape index (κ1) is 23.4. The third-order valence-electron chi connectivity index (χ3n) is 7.28. The van der Waals surface area contributed by atoms with Crippen molar-refractivity contribution in [2.24, 2.45) is 0 Å². The molecule has 0 amide bonds. The van der Waals surface area contributed by atoms with Crippen molar-refractivity contribution in [3.8, 4) is 27.9 Å². The Morgan fingerprint density at radius 2 is 1.15 bits per heavy atom. The summed E-state index contributed by atoms with van der Waals surface area (Å²) in [4.78, 5) is 0.989. The average molecular weight is 519 g/mol. The van der Waals surface area contributed by atoms with Crippen LogP contribution in [0.15, 0.2) is 150 Å². The molecule has 0 aliphatic carbocycles. The normalized spacial score (nSPS) is 11.2. The zero-order chi connectivity index (χ0) is 26.2. The zero-order valence-electron chi connectivity index (χ0n) is 21.3. The largest absolute Gasteiger partial charge is 0.356 e. The minimum atomic E-state index is 0.989. The Kier molecular flexibility index (Phi) is 5.92. The van der Waals surface area contributed by atoms with Crippen LogP contribution < -0.4 is 5.32 Å². The first-order chi connectivity index (χ1) is 19.3. The molecule has 186 valence electrons. The van der Waals surface area contributed by atoms with Gasteiger partial charge in [0.05, 0.1) is 11.0 Å². The molecule has 0 aliphatic heterocycles. The number of hydrogen-bond donors (Lipinski definition) is 2. The number of hydrogen-bond acceptors (Lipinski definition) is 2. The van der Waals surface area contributed by atoms with E-state index in [-0.39, 0.29) is 0 Å². The second-order valence-corrected chi connectivity index (χ2v) is 10.1. The second kappa shape index (κ2) is 9.86. The topological polar surface area (TPSA) is 17.0 Å². The molecule has 39 heavy (non-hydrogen) atoms. The van der Waals surface area contributed by atoms with Crippen LogP contribution in [0.25, 0.3) is 49.7 Å². The van der Waals surface area contributed by atoms with Gasteiger partial charge < -0.3 is 9.88 Å². The molecule has 0 saturated heterocycles. The second-order valence-electron chi connectivity index (χ2n) is 9.69. The monoisotopic (exact) mass is 518 g/mol. The van der Waals surface area contributed by atoms with Crippen molar-refractivity contribution in [2.45, 2.75) is 4.90 Å². The van der Waals surface area contributed by atoms with Crippen LogP contribution in [0.4, 0.5) is 11.4 Å².